The Morgan fingerprint density at radius 3 is 1.00 bits per heavy atom. The number of hydrogen-bond donors (Lipinski definition) is 0. The van der Waals surface area contributed by atoms with Crippen LogP contribution in [0.1, 0.15) is 5.69 Å². The molecule has 21 aromatic rings. The molecular weight excluding hydrogens is 1900 g/mol. The van der Waals surface area contributed by atoms with Gasteiger partial charge in [-0.3, -0.25) is 24.7 Å². The number of pyridine rings is 3. The monoisotopic (exact) mass is 1990 g/mol. The maximum absolute atomic E-state index is 7.01. The number of benzene rings is 12. The minimum absolute atomic E-state index is 0. The molecule has 0 bridgehead atoms. The molecule has 0 spiro atoms. The number of fused-ring (bicyclic) bond motifs is 13. The van der Waals surface area contributed by atoms with Gasteiger partial charge in [-0.15, -0.1) is 5.10 Å². The number of rotatable bonds is 10. The van der Waals surface area contributed by atoms with Gasteiger partial charge in [-0.1, -0.05) is 237 Å². The average molecular weight is 1990 g/mol. The Labute approximate surface area is 730 Å². The van der Waals surface area contributed by atoms with E-state index >= 15 is 0 Å². The molecule has 19 heteroatoms. The van der Waals surface area contributed by atoms with Crippen LogP contribution in [0.4, 0.5) is 5.82 Å². The maximum atomic E-state index is 7.01. The van der Waals surface area contributed by atoms with Gasteiger partial charge in [-0.25, -0.2) is 4.57 Å². The van der Waals surface area contributed by atoms with Crippen LogP contribution < -0.4 is 57.2 Å². The molecule has 10 heterocycles. The number of aromatic nitrogens is 12. The van der Waals surface area contributed by atoms with Crippen LogP contribution in [0.2, 0.25) is 0 Å². The first-order valence-electron chi connectivity index (χ1n) is 39.3. The first-order chi connectivity index (χ1) is 58.1. The van der Waals surface area contributed by atoms with Crippen molar-refractivity contribution in [2.24, 2.45) is 0 Å². The van der Waals surface area contributed by atoms with Crippen LogP contribution in [0.5, 0.6) is 0 Å². The molecule has 2 radical (unpaired) electrons. The summed E-state index contributed by atoms with van der Waals surface area (Å²) < 4.78 is 10.9. The second kappa shape index (κ2) is 40.5. The van der Waals surface area contributed by atoms with Crippen LogP contribution >= 0.6 is 31.7 Å². The van der Waals surface area contributed by atoms with E-state index in [1.165, 1.54) is 75.3 Å². The fourth-order valence-corrected chi connectivity index (χ4v) is 21.9. The van der Waals surface area contributed by atoms with Crippen LogP contribution in [0.15, 0.2) is 407 Å². The molecule has 1 aliphatic heterocycles. The van der Waals surface area contributed by atoms with E-state index in [9.17, 15) is 0 Å². The van der Waals surface area contributed by atoms with Crippen LogP contribution in [-0.4, -0.2) is 70.1 Å². The fourth-order valence-electron chi connectivity index (χ4n) is 15.0. The molecule has 0 amide bonds. The second-order valence-electron chi connectivity index (χ2n) is 28.4. The van der Waals surface area contributed by atoms with Crippen molar-refractivity contribution < 1.29 is 44.1 Å². The molecule has 0 unspecified atom stereocenters. The van der Waals surface area contributed by atoms with Crippen molar-refractivity contribution in [3.63, 3.8) is 0 Å². The molecule has 120 heavy (non-hydrogen) atoms. The van der Waals surface area contributed by atoms with Crippen molar-refractivity contribution >= 4 is 157 Å². The molecule has 12 aromatic carbocycles. The van der Waals surface area contributed by atoms with E-state index in [1.807, 2.05) is 72.2 Å². The summed E-state index contributed by atoms with van der Waals surface area (Å²) in [4.78, 5) is 17.2. The molecule has 0 aliphatic carbocycles. The normalized spacial score (nSPS) is 11.0. The van der Waals surface area contributed by atoms with Gasteiger partial charge in [0.25, 0.3) is 11.5 Å². The summed E-state index contributed by atoms with van der Waals surface area (Å²) in [6.07, 6.45) is 5.71. The van der Waals surface area contributed by atoms with Gasteiger partial charge >= 0.3 is 45.5 Å². The number of imidazole rings is 1. The smallest absolute Gasteiger partial charge is 0.399 e. The van der Waals surface area contributed by atoms with Gasteiger partial charge in [0.05, 0.1) is 135 Å². The van der Waals surface area contributed by atoms with E-state index in [0.29, 0.717) is 11.6 Å². The number of nitrogens with zero attached hydrogens (tertiary/aromatic N) is 13. The van der Waals surface area contributed by atoms with E-state index in [4.69, 9.17) is 11.6 Å². The molecule has 0 fully saturated rings. The van der Waals surface area contributed by atoms with Gasteiger partial charge < -0.3 is 19.1 Å². The molecular formula is C101H88N13Os2P4+5. The van der Waals surface area contributed by atoms with Gasteiger partial charge in [-0.2, -0.15) is 9.55 Å². The van der Waals surface area contributed by atoms with Gasteiger partial charge in [-0.05, 0) is 198 Å². The SMILES string of the molecule is C[PH+](c1ccccc1)c1ccccc1.C[PH+](c1ccccc1)c1ccccc1.C[PH+](c1ccccc1)c1ccccc1.C[PH+](c1ccccc1)c1ccccc1.Cc1cc(-n2c3ccccc3c3cccnc32)[n-]n1.[C-]#[N+]c1cc(-n2c3ccccc3c3cccnc32)[n-]n1.[Os+].[Os+].c1ccc2c(c1)nc1n2C[n+]2cccc3c4ccccc4n-1c32. The average Bonchev–Trinajstić information content (AvgIpc) is 1.55. The van der Waals surface area contributed by atoms with Gasteiger partial charge in [0.1, 0.15) is 5.52 Å². The summed E-state index contributed by atoms with van der Waals surface area (Å²) in [6, 6.07) is 135. The Kier molecular flexibility index (Phi) is 28.5. The van der Waals surface area contributed by atoms with E-state index in [2.05, 4.69) is 408 Å². The molecule has 0 saturated heterocycles. The van der Waals surface area contributed by atoms with Crippen molar-refractivity contribution in [2.45, 2.75) is 13.6 Å². The van der Waals surface area contributed by atoms with Crippen LogP contribution in [0, 0.1) is 13.5 Å². The molecule has 22 rings (SSSR count). The standard InChI is InChI=1S/C19H13N4.C15H8N5.C15H11N4.4C13H13P.2Os/c1-3-9-16-13(6-1)14-7-5-11-21-12-22-17-10-4-2-8-15(17)20-19(22)23(16)18(14)21;1-16-13-9-14(19-18-13)20-12-7-3-2-5-10(12)11-6-4-8-17-15(11)20;1-10-9-14(18-17-10)19-13-7-3-2-5-11(13)12-6-4-8-16-15(12)19;4*1-14(12-8-4-2-5-9-12)13-10-6-3-7-11-13;;/h1-11H,12H2;2-9H;2-9H,1H3;4*2-11H,1H3;;/q+1;2*-1;;;;;2*+1/p+4. The molecule has 9 aromatic heterocycles. The van der Waals surface area contributed by atoms with Crippen molar-refractivity contribution in [1.29, 1.82) is 0 Å². The van der Waals surface area contributed by atoms with E-state index in [-0.39, 0.29) is 39.6 Å². The number of hydrogen-bond acceptors (Lipinski definition) is 5. The zero-order valence-electron chi connectivity index (χ0n) is 66.9. The molecule has 0 saturated carbocycles. The predicted molar refractivity (Wildman–Crippen MR) is 506 cm³/mol. The predicted octanol–water partition coefficient (Wildman–Crippen LogP) is 19.1. The quantitative estimate of drug-likeness (QED) is 0.0759. The fraction of sp³-hybridized carbons (Fsp3) is 0.0594. The zero-order valence-corrected chi connectivity index (χ0v) is 76.0. The Morgan fingerprint density at radius 2 is 0.642 bits per heavy atom. The third-order valence-electron chi connectivity index (χ3n) is 21.1. The topological polar surface area (TPSA) is 121 Å². The Bertz CT molecular complexity index is 6320. The number of para-hydroxylation sites is 5. The van der Waals surface area contributed by atoms with Crippen molar-refractivity contribution in [2.75, 3.05) is 26.7 Å². The molecule has 0 atom stereocenters. The third kappa shape index (κ3) is 18.9. The van der Waals surface area contributed by atoms with Crippen LogP contribution in [0.25, 0.3) is 99.3 Å². The largest absolute Gasteiger partial charge is 1.00 e. The molecule has 13 nitrogen and oxygen atoms in total. The zero-order chi connectivity index (χ0) is 80.5. The van der Waals surface area contributed by atoms with E-state index in [0.717, 1.165) is 68.1 Å². The summed E-state index contributed by atoms with van der Waals surface area (Å²) in [7, 11) is -2.18. The molecule has 0 N–H and O–H groups in total. The minimum atomic E-state index is -0.545. The summed E-state index contributed by atoms with van der Waals surface area (Å²) in [5, 5.41) is 35.1. The van der Waals surface area contributed by atoms with Crippen LogP contribution in [-0.2, 0) is 46.2 Å². The summed E-state index contributed by atoms with van der Waals surface area (Å²) in [5.41, 5.74) is 9.42. The summed E-state index contributed by atoms with van der Waals surface area (Å²) in [6.45, 7) is 19.1. The van der Waals surface area contributed by atoms with Gasteiger partial charge in [0.2, 0.25) is 0 Å². The number of aryl methyl sites for hydroxylation is 1. The summed E-state index contributed by atoms with van der Waals surface area (Å²) >= 11 is 0. The maximum Gasteiger partial charge on any atom is 1.00 e. The van der Waals surface area contributed by atoms with Gasteiger partial charge in [0.15, 0.2) is 6.67 Å². The van der Waals surface area contributed by atoms with Crippen LogP contribution in [0.3, 0.4) is 0 Å². The molecule has 1 aliphatic rings. The van der Waals surface area contributed by atoms with E-state index in [1.54, 1.807) is 18.5 Å². The first kappa shape index (κ1) is 84.3. The van der Waals surface area contributed by atoms with Crippen molar-refractivity contribution in [3.8, 4) is 17.6 Å². The van der Waals surface area contributed by atoms with Crippen molar-refractivity contribution in [1.82, 2.24) is 53.6 Å². The van der Waals surface area contributed by atoms with Crippen molar-refractivity contribution in [3.05, 3.63) is 424 Å². The Hall–Kier alpha value is -12.1. The second-order valence-corrected chi connectivity index (χ2v) is 38.1. The molecule has 588 valence electrons. The Balaban J connectivity index is 0.000000115. The third-order valence-corrected chi connectivity index (χ3v) is 30.7. The summed E-state index contributed by atoms with van der Waals surface area (Å²) in [5.74, 6) is 2.74. The van der Waals surface area contributed by atoms with Gasteiger partial charge in [0, 0.05) is 34.2 Å². The van der Waals surface area contributed by atoms with E-state index < -0.39 is 31.7 Å². The first-order valence-corrected chi connectivity index (χ1v) is 47.3. The Morgan fingerprint density at radius 1 is 0.333 bits per heavy atom. The minimum Gasteiger partial charge on any atom is -0.399 e.